The largest absolute Gasteiger partial charge is 0.379 e. The summed E-state index contributed by atoms with van der Waals surface area (Å²) in [5.41, 5.74) is 2.63. The fourth-order valence-corrected chi connectivity index (χ4v) is 7.15. The summed E-state index contributed by atoms with van der Waals surface area (Å²) in [6, 6.07) is 4.15. The molecular weight excluding hydrogens is 438 g/mol. The molecule has 2 fully saturated rings. The summed E-state index contributed by atoms with van der Waals surface area (Å²) in [6.07, 6.45) is 2.15. The maximum absolute atomic E-state index is 13.3. The van der Waals surface area contributed by atoms with Crippen LogP contribution in [0.2, 0.25) is 0 Å². The first-order chi connectivity index (χ1) is 15.6. The van der Waals surface area contributed by atoms with Gasteiger partial charge in [0.15, 0.2) is 0 Å². The number of carbonyl (C=O) groups excluding carboxylic acids is 1. The topological polar surface area (TPSA) is 79.0 Å². The fourth-order valence-electron chi connectivity index (χ4n) is 5.27. The molecule has 0 bridgehead atoms. The van der Waals surface area contributed by atoms with E-state index >= 15 is 0 Å². The highest BCUT2D eigenvalue weighted by molar-refractivity contribution is 7.89. The van der Waals surface area contributed by atoms with Gasteiger partial charge < -0.3 is 10.1 Å². The van der Waals surface area contributed by atoms with E-state index in [1.165, 1.54) is 0 Å². The summed E-state index contributed by atoms with van der Waals surface area (Å²) in [5.74, 6) is 0.467. The van der Waals surface area contributed by atoms with Crippen LogP contribution in [-0.2, 0) is 19.6 Å². The monoisotopic (exact) mass is 479 g/mol. The van der Waals surface area contributed by atoms with E-state index < -0.39 is 10.0 Å². The third-order valence-electron chi connectivity index (χ3n) is 6.84. The number of carbonyl (C=O) groups is 1. The summed E-state index contributed by atoms with van der Waals surface area (Å²) >= 11 is 0. The first kappa shape index (κ1) is 26.1. The number of ether oxygens (including phenoxy) is 1. The number of morpholine rings is 1. The zero-order valence-corrected chi connectivity index (χ0v) is 21.7. The van der Waals surface area contributed by atoms with Gasteiger partial charge in [-0.3, -0.25) is 9.69 Å². The number of benzene rings is 1. The van der Waals surface area contributed by atoms with Crippen LogP contribution in [0.4, 0.5) is 0 Å². The van der Waals surface area contributed by atoms with Crippen molar-refractivity contribution in [3.63, 3.8) is 0 Å². The van der Waals surface area contributed by atoms with Crippen molar-refractivity contribution in [1.82, 2.24) is 14.5 Å². The van der Waals surface area contributed by atoms with Gasteiger partial charge in [-0.2, -0.15) is 4.31 Å². The van der Waals surface area contributed by atoms with E-state index in [1.807, 2.05) is 32.9 Å². The maximum Gasteiger partial charge on any atom is 0.243 e. The minimum atomic E-state index is -3.56. The van der Waals surface area contributed by atoms with E-state index in [-0.39, 0.29) is 11.8 Å². The Labute approximate surface area is 199 Å². The number of amides is 1. The molecule has 33 heavy (non-hydrogen) atoms. The minimum Gasteiger partial charge on any atom is -0.379 e. The lowest BCUT2D eigenvalue weighted by Crippen LogP contribution is -2.50. The average molecular weight is 480 g/mol. The van der Waals surface area contributed by atoms with E-state index in [4.69, 9.17) is 4.74 Å². The molecule has 186 valence electrons. The third kappa shape index (κ3) is 6.56. The van der Waals surface area contributed by atoms with Crippen LogP contribution in [0.15, 0.2) is 17.0 Å². The number of nitrogens with one attached hydrogen (secondary N) is 1. The zero-order valence-electron chi connectivity index (χ0n) is 20.9. The molecule has 1 amide bonds. The van der Waals surface area contributed by atoms with Crippen LogP contribution in [0.5, 0.6) is 0 Å². The van der Waals surface area contributed by atoms with Gasteiger partial charge in [0.25, 0.3) is 0 Å². The number of sulfonamides is 1. The van der Waals surface area contributed by atoms with Crippen LogP contribution in [0.25, 0.3) is 0 Å². The Morgan fingerprint density at radius 1 is 1.06 bits per heavy atom. The molecule has 3 rings (SSSR count). The molecule has 1 N–H and O–H groups in total. The second kappa shape index (κ2) is 11.3. The molecule has 2 aliphatic rings. The number of hydrogen-bond acceptors (Lipinski definition) is 5. The standard InChI is InChI=1S/C25H41N3O4S/c1-18(2)14-23(27-10-12-32-13-11-27)17-26-25(29)22-6-8-28(9-7-22)33(30,31)24-20(4)15-19(3)16-21(24)5/h15-16,18,22-23H,6-14,17H2,1-5H3,(H,26,29). The molecule has 2 saturated heterocycles. The Morgan fingerprint density at radius 3 is 2.18 bits per heavy atom. The summed E-state index contributed by atoms with van der Waals surface area (Å²) in [6.45, 7) is 14.8. The van der Waals surface area contributed by atoms with E-state index in [9.17, 15) is 13.2 Å². The van der Waals surface area contributed by atoms with E-state index in [0.29, 0.717) is 49.3 Å². The van der Waals surface area contributed by atoms with Gasteiger partial charge in [0.1, 0.15) is 0 Å². The summed E-state index contributed by atoms with van der Waals surface area (Å²) in [5, 5.41) is 3.18. The van der Waals surface area contributed by atoms with Gasteiger partial charge in [-0.25, -0.2) is 8.42 Å². The van der Waals surface area contributed by atoms with Crippen molar-refractivity contribution < 1.29 is 17.9 Å². The smallest absolute Gasteiger partial charge is 0.243 e. The number of rotatable bonds is 8. The van der Waals surface area contributed by atoms with Gasteiger partial charge in [-0.05, 0) is 57.1 Å². The van der Waals surface area contributed by atoms with Crippen LogP contribution < -0.4 is 5.32 Å². The number of hydrogen-bond donors (Lipinski definition) is 1. The van der Waals surface area contributed by atoms with E-state index in [2.05, 4.69) is 24.1 Å². The second-order valence-corrected chi connectivity index (χ2v) is 12.0. The molecule has 7 nitrogen and oxygen atoms in total. The Hall–Kier alpha value is -1.48. The van der Waals surface area contributed by atoms with Crippen molar-refractivity contribution in [2.24, 2.45) is 11.8 Å². The third-order valence-corrected chi connectivity index (χ3v) is 9.05. The SMILES string of the molecule is Cc1cc(C)c(S(=O)(=O)N2CCC(C(=O)NCC(CC(C)C)N3CCOCC3)CC2)c(C)c1. The molecule has 1 aromatic carbocycles. The van der Waals surface area contributed by atoms with Crippen molar-refractivity contribution in [2.45, 2.75) is 64.8 Å². The Kier molecular flexibility index (Phi) is 8.95. The molecule has 0 radical (unpaired) electrons. The van der Waals surface area contributed by atoms with Crippen molar-refractivity contribution in [3.8, 4) is 0 Å². The van der Waals surface area contributed by atoms with Crippen LogP contribution in [0.1, 0.15) is 49.8 Å². The Morgan fingerprint density at radius 2 is 1.64 bits per heavy atom. The highest BCUT2D eigenvalue weighted by Gasteiger charge is 2.34. The predicted molar refractivity (Wildman–Crippen MR) is 131 cm³/mol. The number of piperidine rings is 1. The molecule has 1 unspecified atom stereocenters. The Balaban J connectivity index is 1.57. The van der Waals surface area contributed by atoms with Gasteiger partial charge in [0, 0.05) is 44.7 Å². The highest BCUT2D eigenvalue weighted by Crippen LogP contribution is 2.29. The number of aryl methyl sites for hydroxylation is 3. The normalized spacial score (nSPS) is 20.2. The van der Waals surface area contributed by atoms with Crippen LogP contribution >= 0.6 is 0 Å². The first-order valence-electron chi connectivity index (χ1n) is 12.3. The Bertz CT molecular complexity index is 895. The van der Waals surface area contributed by atoms with Crippen molar-refractivity contribution >= 4 is 15.9 Å². The molecule has 0 saturated carbocycles. The first-order valence-corrected chi connectivity index (χ1v) is 13.7. The number of nitrogens with zero attached hydrogens (tertiary/aromatic N) is 2. The van der Waals surface area contributed by atoms with Gasteiger partial charge >= 0.3 is 0 Å². The highest BCUT2D eigenvalue weighted by atomic mass is 32.2. The summed E-state index contributed by atoms with van der Waals surface area (Å²) in [4.78, 5) is 15.8. The van der Waals surface area contributed by atoms with Gasteiger partial charge in [0.2, 0.25) is 15.9 Å². The van der Waals surface area contributed by atoms with E-state index in [0.717, 1.165) is 49.4 Å². The average Bonchev–Trinajstić information content (AvgIpc) is 2.76. The molecule has 8 heteroatoms. The predicted octanol–water partition coefficient (Wildman–Crippen LogP) is 2.88. The fraction of sp³-hybridized carbons (Fsp3) is 0.720. The zero-order chi connectivity index (χ0) is 24.2. The van der Waals surface area contributed by atoms with Crippen LogP contribution in [0, 0.1) is 32.6 Å². The van der Waals surface area contributed by atoms with Crippen molar-refractivity contribution in [1.29, 1.82) is 0 Å². The molecule has 1 atom stereocenters. The van der Waals surface area contributed by atoms with Gasteiger partial charge in [-0.15, -0.1) is 0 Å². The lowest BCUT2D eigenvalue weighted by Gasteiger charge is -2.36. The van der Waals surface area contributed by atoms with Gasteiger partial charge in [-0.1, -0.05) is 31.5 Å². The summed E-state index contributed by atoms with van der Waals surface area (Å²) in [7, 11) is -3.56. The lowest BCUT2D eigenvalue weighted by molar-refractivity contribution is -0.126. The van der Waals surface area contributed by atoms with E-state index in [1.54, 1.807) is 4.31 Å². The van der Waals surface area contributed by atoms with Gasteiger partial charge in [0.05, 0.1) is 18.1 Å². The molecule has 0 aliphatic carbocycles. The molecule has 2 aliphatic heterocycles. The quantitative estimate of drug-likeness (QED) is 0.620. The maximum atomic E-state index is 13.3. The minimum absolute atomic E-state index is 0.0526. The lowest BCUT2D eigenvalue weighted by atomic mass is 9.96. The summed E-state index contributed by atoms with van der Waals surface area (Å²) < 4.78 is 33.7. The molecule has 2 heterocycles. The van der Waals surface area contributed by atoms with Crippen LogP contribution in [0.3, 0.4) is 0 Å². The van der Waals surface area contributed by atoms with Crippen molar-refractivity contribution in [2.75, 3.05) is 45.9 Å². The van der Waals surface area contributed by atoms with Crippen LogP contribution in [-0.4, -0.2) is 75.5 Å². The molecular formula is C25H41N3O4S. The second-order valence-electron chi connectivity index (χ2n) is 10.1. The molecule has 1 aromatic rings. The molecule has 0 aromatic heterocycles. The van der Waals surface area contributed by atoms with Crippen molar-refractivity contribution in [3.05, 3.63) is 28.8 Å². The molecule has 0 spiro atoms.